The summed E-state index contributed by atoms with van der Waals surface area (Å²) in [5, 5.41) is 8.14. The fourth-order valence-corrected chi connectivity index (χ4v) is 1.29. The minimum absolute atomic E-state index is 0.253. The number of nitrogens with zero attached hydrogens (tertiary/aromatic N) is 1. The van der Waals surface area contributed by atoms with E-state index in [0.29, 0.717) is 3.57 Å². The smallest absolute Gasteiger partial charge is 0.191 e. The summed E-state index contributed by atoms with van der Waals surface area (Å²) in [6.07, 6.45) is 0. The minimum Gasteiger partial charge on any atom is -0.191 e. The first-order valence-corrected chi connectivity index (χ1v) is 4.19. The van der Waals surface area contributed by atoms with Crippen LogP contribution in [-0.4, -0.2) is 0 Å². The van der Waals surface area contributed by atoms with Gasteiger partial charge in [-0.05, 0) is 34.7 Å². The van der Waals surface area contributed by atoms with Gasteiger partial charge in [-0.1, -0.05) is 12.1 Å². The number of hydrogen-bond donors (Lipinski definition) is 0. The molecule has 0 atom stereocenters. The van der Waals surface area contributed by atoms with Crippen LogP contribution in [0.2, 0.25) is 0 Å². The molecule has 0 saturated carbocycles. The zero-order valence-corrected chi connectivity index (χ0v) is 8.05. The number of hydrogen-bond acceptors (Lipinski definition) is 1. The Labute approximate surface area is 82.1 Å². The highest BCUT2D eigenvalue weighted by atomic mass is 127. The molecule has 62 valence electrons. The lowest BCUT2D eigenvalue weighted by Gasteiger charge is -2.06. The summed E-state index contributed by atoms with van der Waals surface area (Å²) < 4.78 is 26.1. The fraction of sp³-hybridized carbons (Fsp3) is 0.125. The third kappa shape index (κ3) is 1.91. The summed E-state index contributed by atoms with van der Waals surface area (Å²) in [5.41, 5.74) is -0.253. The van der Waals surface area contributed by atoms with Gasteiger partial charge in [0.1, 0.15) is 6.07 Å². The van der Waals surface area contributed by atoms with E-state index in [4.69, 9.17) is 5.26 Å². The molecule has 0 aliphatic rings. The van der Waals surface area contributed by atoms with Crippen molar-refractivity contribution in [1.82, 2.24) is 0 Å². The SMILES string of the molecule is N#CC(F)(F)c1cccc(I)c1. The van der Waals surface area contributed by atoms with Crippen LogP contribution in [0.15, 0.2) is 24.3 Å². The molecular formula is C8H4F2IN. The van der Waals surface area contributed by atoms with Crippen LogP contribution >= 0.6 is 22.6 Å². The molecule has 0 bridgehead atoms. The van der Waals surface area contributed by atoms with E-state index in [1.807, 2.05) is 22.6 Å². The maximum Gasteiger partial charge on any atom is 0.357 e. The van der Waals surface area contributed by atoms with Crippen LogP contribution in [0.5, 0.6) is 0 Å². The van der Waals surface area contributed by atoms with Gasteiger partial charge in [-0.2, -0.15) is 14.0 Å². The van der Waals surface area contributed by atoms with Gasteiger partial charge < -0.3 is 0 Å². The quantitative estimate of drug-likeness (QED) is 0.725. The molecule has 0 aliphatic heterocycles. The largest absolute Gasteiger partial charge is 0.357 e. The number of alkyl halides is 2. The zero-order valence-electron chi connectivity index (χ0n) is 5.89. The van der Waals surface area contributed by atoms with E-state index in [1.165, 1.54) is 18.2 Å². The summed E-state index contributed by atoms with van der Waals surface area (Å²) >= 11 is 1.92. The lowest BCUT2D eigenvalue weighted by molar-refractivity contribution is 0.0612. The fourth-order valence-electron chi connectivity index (χ4n) is 0.748. The molecule has 0 saturated heterocycles. The molecule has 0 N–H and O–H groups in total. The summed E-state index contributed by atoms with van der Waals surface area (Å²) in [7, 11) is 0. The number of rotatable bonds is 1. The maximum atomic E-state index is 12.7. The summed E-state index contributed by atoms with van der Waals surface area (Å²) in [4.78, 5) is 0. The average molecular weight is 279 g/mol. The highest BCUT2D eigenvalue weighted by molar-refractivity contribution is 14.1. The molecule has 0 heterocycles. The molecule has 1 aromatic carbocycles. The molecule has 0 radical (unpaired) electrons. The van der Waals surface area contributed by atoms with E-state index >= 15 is 0 Å². The van der Waals surface area contributed by atoms with E-state index in [2.05, 4.69) is 0 Å². The summed E-state index contributed by atoms with van der Waals surface area (Å²) in [6, 6.07) is 6.68. The normalized spacial score (nSPS) is 10.8. The van der Waals surface area contributed by atoms with Crippen molar-refractivity contribution in [3.8, 4) is 6.07 Å². The third-order valence-corrected chi connectivity index (χ3v) is 2.00. The Kier molecular flexibility index (Phi) is 2.62. The summed E-state index contributed by atoms with van der Waals surface area (Å²) in [5.74, 6) is -3.37. The molecule has 1 aromatic rings. The van der Waals surface area contributed by atoms with Crippen molar-refractivity contribution < 1.29 is 8.78 Å². The molecular weight excluding hydrogens is 275 g/mol. The first-order chi connectivity index (χ1) is 5.56. The van der Waals surface area contributed by atoms with Crippen LogP contribution in [0, 0.1) is 14.9 Å². The Bertz CT molecular complexity index is 330. The Morgan fingerprint density at radius 1 is 1.42 bits per heavy atom. The van der Waals surface area contributed by atoms with Gasteiger partial charge in [0.15, 0.2) is 0 Å². The van der Waals surface area contributed by atoms with Crippen molar-refractivity contribution >= 4 is 22.6 Å². The van der Waals surface area contributed by atoms with Crippen LogP contribution < -0.4 is 0 Å². The minimum atomic E-state index is -3.37. The molecule has 12 heavy (non-hydrogen) atoms. The molecule has 0 aromatic heterocycles. The van der Waals surface area contributed by atoms with Gasteiger partial charge in [0.2, 0.25) is 0 Å². The molecule has 0 spiro atoms. The predicted octanol–water partition coefficient (Wildman–Crippen LogP) is 2.91. The highest BCUT2D eigenvalue weighted by Gasteiger charge is 2.30. The second kappa shape index (κ2) is 3.35. The molecule has 1 rings (SSSR count). The van der Waals surface area contributed by atoms with Crippen molar-refractivity contribution in [1.29, 1.82) is 5.26 Å². The van der Waals surface area contributed by atoms with Crippen LogP contribution in [0.1, 0.15) is 5.56 Å². The Morgan fingerprint density at radius 2 is 2.08 bits per heavy atom. The van der Waals surface area contributed by atoms with Gasteiger partial charge >= 0.3 is 5.92 Å². The predicted molar refractivity (Wildman–Crippen MR) is 48.7 cm³/mol. The Morgan fingerprint density at radius 3 is 2.58 bits per heavy atom. The van der Waals surface area contributed by atoms with Crippen LogP contribution in [0.4, 0.5) is 8.78 Å². The van der Waals surface area contributed by atoms with E-state index in [1.54, 1.807) is 6.07 Å². The van der Waals surface area contributed by atoms with E-state index in [-0.39, 0.29) is 5.56 Å². The highest BCUT2D eigenvalue weighted by Crippen LogP contribution is 2.27. The molecule has 0 amide bonds. The lowest BCUT2D eigenvalue weighted by atomic mass is 10.1. The van der Waals surface area contributed by atoms with E-state index in [9.17, 15) is 8.78 Å². The topological polar surface area (TPSA) is 23.8 Å². The molecule has 0 aliphatic carbocycles. The number of benzene rings is 1. The zero-order chi connectivity index (χ0) is 9.19. The molecule has 0 unspecified atom stereocenters. The van der Waals surface area contributed by atoms with E-state index in [0.717, 1.165) is 6.07 Å². The number of halogens is 3. The lowest BCUT2D eigenvalue weighted by Crippen LogP contribution is -2.09. The molecule has 0 fully saturated rings. The summed E-state index contributed by atoms with van der Waals surface area (Å²) in [6.45, 7) is 0. The van der Waals surface area contributed by atoms with Crippen molar-refractivity contribution in [3.05, 3.63) is 33.4 Å². The van der Waals surface area contributed by atoms with Crippen LogP contribution in [0.3, 0.4) is 0 Å². The standard InChI is InChI=1S/C8H4F2IN/c9-8(10,5-12)6-2-1-3-7(11)4-6/h1-4H. The van der Waals surface area contributed by atoms with Crippen LogP contribution in [-0.2, 0) is 5.92 Å². The van der Waals surface area contributed by atoms with Gasteiger partial charge in [0, 0.05) is 9.13 Å². The van der Waals surface area contributed by atoms with Crippen molar-refractivity contribution in [2.75, 3.05) is 0 Å². The molecule has 4 heteroatoms. The Balaban J connectivity index is 3.14. The average Bonchev–Trinajstić information content (AvgIpc) is 2.05. The second-order valence-electron chi connectivity index (χ2n) is 2.20. The monoisotopic (exact) mass is 279 g/mol. The Hall–Kier alpha value is -0.700. The second-order valence-corrected chi connectivity index (χ2v) is 3.44. The first kappa shape index (κ1) is 9.39. The van der Waals surface area contributed by atoms with Gasteiger partial charge in [-0.25, -0.2) is 0 Å². The van der Waals surface area contributed by atoms with Gasteiger partial charge in [0.25, 0.3) is 0 Å². The number of nitriles is 1. The van der Waals surface area contributed by atoms with Gasteiger partial charge in [-0.3, -0.25) is 0 Å². The van der Waals surface area contributed by atoms with Gasteiger partial charge in [0.05, 0.1) is 0 Å². The van der Waals surface area contributed by atoms with Gasteiger partial charge in [-0.15, -0.1) is 0 Å². The third-order valence-electron chi connectivity index (χ3n) is 1.33. The van der Waals surface area contributed by atoms with Crippen molar-refractivity contribution in [2.45, 2.75) is 5.92 Å². The maximum absolute atomic E-state index is 12.7. The van der Waals surface area contributed by atoms with Crippen molar-refractivity contribution in [3.63, 3.8) is 0 Å². The van der Waals surface area contributed by atoms with Crippen LogP contribution in [0.25, 0.3) is 0 Å². The molecule has 1 nitrogen and oxygen atoms in total. The first-order valence-electron chi connectivity index (χ1n) is 3.11. The van der Waals surface area contributed by atoms with E-state index < -0.39 is 5.92 Å². The van der Waals surface area contributed by atoms with Crippen molar-refractivity contribution in [2.24, 2.45) is 0 Å².